The molecule has 0 aromatic heterocycles. The molecular weight excluding hydrogens is 236 g/mol. The quantitative estimate of drug-likeness (QED) is 0.493. The summed E-state index contributed by atoms with van der Waals surface area (Å²) < 4.78 is 39.8. The van der Waals surface area contributed by atoms with Gasteiger partial charge >= 0.3 is 6.16 Å². The molecular formula is C9H10O6S. The van der Waals surface area contributed by atoms with Crippen LogP contribution in [0.4, 0.5) is 4.79 Å². The number of para-hydroxylation sites is 1. The fraction of sp³-hybridized carbons (Fsp3) is 0.222. The van der Waals surface area contributed by atoms with Crippen LogP contribution < -0.4 is 4.74 Å². The zero-order valence-electron chi connectivity index (χ0n) is 8.41. The Morgan fingerprint density at radius 2 is 2.00 bits per heavy atom. The number of rotatable bonds is 3. The van der Waals surface area contributed by atoms with Gasteiger partial charge in [-0.15, -0.1) is 0 Å². The van der Waals surface area contributed by atoms with Crippen molar-refractivity contribution in [3.8, 4) is 5.75 Å². The summed E-state index contributed by atoms with van der Waals surface area (Å²) in [4.78, 5) is 10.5. The Hall–Kier alpha value is -1.60. The van der Waals surface area contributed by atoms with Gasteiger partial charge in [0.1, 0.15) is 4.90 Å². The summed E-state index contributed by atoms with van der Waals surface area (Å²) in [6.45, 7) is 1.68. The fourth-order valence-electron chi connectivity index (χ4n) is 0.985. The number of hydrogen-bond donors (Lipinski definition) is 1. The maximum Gasteiger partial charge on any atom is 0.513 e. The fourth-order valence-corrected chi connectivity index (χ4v) is 1.60. The molecule has 0 bridgehead atoms. The second kappa shape index (κ2) is 4.95. The van der Waals surface area contributed by atoms with E-state index in [9.17, 15) is 13.2 Å². The van der Waals surface area contributed by atoms with E-state index >= 15 is 0 Å². The molecule has 0 aliphatic rings. The van der Waals surface area contributed by atoms with Gasteiger partial charge in [-0.05, 0) is 19.1 Å². The van der Waals surface area contributed by atoms with Crippen LogP contribution in [0.3, 0.4) is 0 Å². The third-order valence-electron chi connectivity index (χ3n) is 1.58. The maximum atomic E-state index is 11.0. The molecule has 1 N–H and O–H groups in total. The SMILES string of the molecule is CCOC(=O)Oc1ccccc1S(=O)(=O)O. The van der Waals surface area contributed by atoms with E-state index in [0.717, 1.165) is 6.07 Å². The van der Waals surface area contributed by atoms with E-state index in [1.807, 2.05) is 0 Å². The first-order chi connectivity index (χ1) is 7.45. The van der Waals surface area contributed by atoms with Crippen molar-refractivity contribution in [3.05, 3.63) is 24.3 Å². The van der Waals surface area contributed by atoms with Crippen LogP contribution in [0.2, 0.25) is 0 Å². The minimum Gasteiger partial charge on any atom is -0.434 e. The highest BCUT2D eigenvalue weighted by Gasteiger charge is 2.18. The predicted molar refractivity (Wildman–Crippen MR) is 53.9 cm³/mol. The molecule has 0 aliphatic heterocycles. The third kappa shape index (κ3) is 3.21. The summed E-state index contributed by atoms with van der Waals surface area (Å²) in [5, 5.41) is 0. The molecule has 1 rings (SSSR count). The topological polar surface area (TPSA) is 89.9 Å². The molecule has 16 heavy (non-hydrogen) atoms. The van der Waals surface area contributed by atoms with Crippen LogP contribution in [0, 0.1) is 0 Å². The van der Waals surface area contributed by atoms with Crippen LogP contribution >= 0.6 is 0 Å². The van der Waals surface area contributed by atoms with Crippen molar-refractivity contribution < 1.29 is 27.2 Å². The zero-order valence-corrected chi connectivity index (χ0v) is 9.23. The Bertz CT molecular complexity index is 479. The van der Waals surface area contributed by atoms with Gasteiger partial charge in [0.05, 0.1) is 6.61 Å². The Kier molecular flexibility index (Phi) is 3.86. The average molecular weight is 246 g/mol. The normalized spacial score (nSPS) is 10.9. The Balaban J connectivity index is 3.01. The summed E-state index contributed by atoms with van der Waals surface area (Å²) in [5.74, 6) is -0.275. The molecule has 0 fully saturated rings. The van der Waals surface area contributed by atoms with Gasteiger partial charge in [0.2, 0.25) is 0 Å². The number of carbonyl (C=O) groups is 1. The molecule has 0 amide bonds. The first kappa shape index (κ1) is 12.5. The second-order valence-electron chi connectivity index (χ2n) is 2.71. The average Bonchev–Trinajstić information content (AvgIpc) is 2.17. The molecule has 0 atom stereocenters. The van der Waals surface area contributed by atoms with Crippen molar-refractivity contribution in [2.75, 3.05) is 6.61 Å². The molecule has 1 aromatic rings. The predicted octanol–water partition coefficient (Wildman–Crippen LogP) is 1.47. The van der Waals surface area contributed by atoms with Gasteiger partial charge in [-0.1, -0.05) is 12.1 Å². The van der Waals surface area contributed by atoms with Gasteiger partial charge in [-0.25, -0.2) is 4.79 Å². The van der Waals surface area contributed by atoms with Crippen molar-refractivity contribution in [2.45, 2.75) is 11.8 Å². The molecule has 0 radical (unpaired) electrons. The van der Waals surface area contributed by atoms with E-state index < -0.39 is 21.2 Å². The second-order valence-corrected chi connectivity index (χ2v) is 4.10. The van der Waals surface area contributed by atoms with Crippen molar-refractivity contribution in [1.82, 2.24) is 0 Å². The van der Waals surface area contributed by atoms with Crippen LogP contribution in [0.25, 0.3) is 0 Å². The molecule has 0 saturated carbocycles. The first-order valence-corrected chi connectivity index (χ1v) is 5.80. The standard InChI is InChI=1S/C9H10O6S/c1-2-14-9(10)15-7-5-3-4-6-8(7)16(11,12)13/h3-6H,2H2,1H3,(H,11,12,13). The zero-order chi connectivity index (χ0) is 12.2. The molecule has 0 spiro atoms. The van der Waals surface area contributed by atoms with E-state index in [0.29, 0.717) is 0 Å². The third-order valence-corrected chi connectivity index (χ3v) is 2.48. The minimum absolute atomic E-state index is 0.104. The number of benzene rings is 1. The minimum atomic E-state index is -4.43. The maximum absolute atomic E-state index is 11.0. The highest BCUT2D eigenvalue weighted by atomic mass is 32.2. The first-order valence-electron chi connectivity index (χ1n) is 4.36. The lowest BCUT2D eigenvalue weighted by Gasteiger charge is -2.06. The van der Waals surface area contributed by atoms with Crippen LogP contribution in [0.15, 0.2) is 29.2 Å². The molecule has 0 aliphatic carbocycles. The van der Waals surface area contributed by atoms with E-state index in [1.54, 1.807) is 6.92 Å². The highest BCUT2D eigenvalue weighted by molar-refractivity contribution is 7.86. The summed E-state index contributed by atoms with van der Waals surface area (Å²) in [6.07, 6.45) is -1.03. The lowest BCUT2D eigenvalue weighted by atomic mass is 10.3. The van der Waals surface area contributed by atoms with Gasteiger partial charge in [0.15, 0.2) is 5.75 Å². The lowest BCUT2D eigenvalue weighted by Crippen LogP contribution is -2.12. The van der Waals surface area contributed by atoms with Crippen LogP contribution in [-0.4, -0.2) is 25.7 Å². The molecule has 7 heteroatoms. The highest BCUT2D eigenvalue weighted by Crippen LogP contribution is 2.23. The summed E-state index contributed by atoms with van der Waals surface area (Å²) >= 11 is 0. The van der Waals surface area contributed by atoms with E-state index in [-0.39, 0.29) is 12.4 Å². The van der Waals surface area contributed by atoms with Crippen molar-refractivity contribution in [1.29, 1.82) is 0 Å². The molecule has 88 valence electrons. The van der Waals surface area contributed by atoms with Crippen LogP contribution in [0.1, 0.15) is 6.92 Å². The molecule has 0 saturated heterocycles. The van der Waals surface area contributed by atoms with Gasteiger partial charge in [0.25, 0.3) is 10.1 Å². The molecule has 6 nitrogen and oxygen atoms in total. The summed E-state index contributed by atoms with van der Waals surface area (Å²) in [7, 11) is -4.43. The number of carbonyl (C=O) groups excluding carboxylic acids is 1. The Morgan fingerprint density at radius 3 is 2.56 bits per heavy atom. The largest absolute Gasteiger partial charge is 0.513 e. The Morgan fingerprint density at radius 1 is 1.38 bits per heavy atom. The Labute approximate surface area is 92.5 Å². The summed E-state index contributed by atoms with van der Waals surface area (Å²) in [5.41, 5.74) is 0. The molecule has 1 aromatic carbocycles. The number of ether oxygens (including phenoxy) is 2. The van der Waals surface area contributed by atoms with Crippen LogP contribution in [0.5, 0.6) is 5.75 Å². The van der Waals surface area contributed by atoms with Crippen molar-refractivity contribution >= 4 is 16.3 Å². The van der Waals surface area contributed by atoms with E-state index in [1.165, 1.54) is 18.2 Å². The van der Waals surface area contributed by atoms with E-state index in [2.05, 4.69) is 9.47 Å². The van der Waals surface area contributed by atoms with Gasteiger partial charge < -0.3 is 9.47 Å². The summed E-state index contributed by atoms with van der Waals surface area (Å²) in [6, 6.07) is 5.20. The van der Waals surface area contributed by atoms with E-state index in [4.69, 9.17) is 4.55 Å². The van der Waals surface area contributed by atoms with Crippen molar-refractivity contribution in [2.24, 2.45) is 0 Å². The monoisotopic (exact) mass is 246 g/mol. The van der Waals surface area contributed by atoms with Crippen LogP contribution in [-0.2, 0) is 14.9 Å². The molecule has 0 unspecified atom stereocenters. The van der Waals surface area contributed by atoms with Crippen molar-refractivity contribution in [3.63, 3.8) is 0 Å². The smallest absolute Gasteiger partial charge is 0.434 e. The van der Waals surface area contributed by atoms with Gasteiger partial charge in [-0.2, -0.15) is 8.42 Å². The molecule has 0 heterocycles. The van der Waals surface area contributed by atoms with Gasteiger partial charge in [0, 0.05) is 0 Å². The number of hydrogen-bond acceptors (Lipinski definition) is 5. The van der Waals surface area contributed by atoms with Gasteiger partial charge in [-0.3, -0.25) is 4.55 Å². The lowest BCUT2D eigenvalue weighted by molar-refractivity contribution is 0.103.